The summed E-state index contributed by atoms with van der Waals surface area (Å²) in [6, 6.07) is 7.02. The zero-order chi connectivity index (χ0) is 13.8. The van der Waals surface area contributed by atoms with Crippen LogP contribution in [0.1, 0.15) is 12.7 Å². The second-order valence-electron chi connectivity index (χ2n) is 3.80. The third kappa shape index (κ3) is 3.35. The molecule has 0 amide bonds. The molecule has 1 aromatic heterocycles. The van der Waals surface area contributed by atoms with Gasteiger partial charge in [0.25, 0.3) is 0 Å². The summed E-state index contributed by atoms with van der Waals surface area (Å²) in [4.78, 5) is 8.36. The molecule has 1 aromatic carbocycles. The molecule has 5 nitrogen and oxygen atoms in total. The van der Waals surface area contributed by atoms with Crippen molar-refractivity contribution in [1.82, 2.24) is 9.97 Å². The molecule has 2 aromatic rings. The van der Waals surface area contributed by atoms with E-state index in [9.17, 15) is 0 Å². The molecule has 1 heterocycles. The molecule has 0 spiro atoms. The van der Waals surface area contributed by atoms with Crippen molar-refractivity contribution in [2.45, 2.75) is 13.3 Å². The lowest BCUT2D eigenvalue weighted by Gasteiger charge is -2.09. The van der Waals surface area contributed by atoms with Crippen LogP contribution in [0.4, 0.5) is 5.82 Å². The molecule has 0 aliphatic heterocycles. The van der Waals surface area contributed by atoms with Gasteiger partial charge in [0.05, 0.1) is 11.6 Å². The third-order valence-corrected chi connectivity index (χ3v) is 3.06. The number of hydrogen-bond acceptors (Lipinski definition) is 5. The summed E-state index contributed by atoms with van der Waals surface area (Å²) >= 11 is 3.42. The molecule has 0 aliphatic rings. The van der Waals surface area contributed by atoms with Crippen molar-refractivity contribution in [3.05, 3.63) is 34.6 Å². The van der Waals surface area contributed by atoms with Gasteiger partial charge in [0.15, 0.2) is 0 Å². The first-order valence-corrected chi connectivity index (χ1v) is 6.56. The van der Waals surface area contributed by atoms with Crippen LogP contribution in [0.3, 0.4) is 0 Å². The third-order valence-electron chi connectivity index (χ3n) is 2.44. The molecule has 100 valence electrons. The van der Waals surface area contributed by atoms with Crippen LogP contribution in [0, 0.1) is 0 Å². The molecule has 6 heteroatoms. The molecule has 0 atom stereocenters. The van der Waals surface area contributed by atoms with Gasteiger partial charge in [0, 0.05) is 12.5 Å². The first-order chi connectivity index (χ1) is 9.12. The highest BCUT2D eigenvalue weighted by Gasteiger charge is 2.07. The fourth-order valence-electron chi connectivity index (χ4n) is 1.51. The second kappa shape index (κ2) is 5.88. The van der Waals surface area contributed by atoms with E-state index in [1.807, 2.05) is 19.1 Å². The van der Waals surface area contributed by atoms with Crippen LogP contribution in [0.25, 0.3) is 0 Å². The Morgan fingerprint density at radius 1 is 1.26 bits per heavy atom. The van der Waals surface area contributed by atoms with Gasteiger partial charge >= 0.3 is 0 Å². The smallest absolute Gasteiger partial charge is 0.224 e. The first-order valence-electron chi connectivity index (χ1n) is 5.77. The van der Waals surface area contributed by atoms with Gasteiger partial charge in [-0.15, -0.1) is 0 Å². The predicted molar refractivity (Wildman–Crippen MR) is 76.6 cm³/mol. The number of nitrogens with two attached hydrogens (primary N) is 1. The number of benzene rings is 1. The number of aromatic nitrogens is 2. The van der Waals surface area contributed by atoms with Gasteiger partial charge in [-0.2, -0.15) is 4.98 Å². The van der Waals surface area contributed by atoms with Crippen molar-refractivity contribution < 1.29 is 9.47 Å². The molecule has 0 radical (unpaired) electrons. The average Bonchev–Trinajstić information content (AvgIpc) is 2.40. The Labute approximate surface area is 119 Å². The normalized spacial score (nSPS) is 10.3. The fourth-order valence-corrected chi connectivity index (χ4v) is 1.95. The predicted octanol–water partition coefficient (Wildman–Crippen LogP) is 3.18. The molecule has 0 unspecified atom stereocenters. The average molecular weight is 324 g/mol. The van der Waals surface area contributed by atoms with E-state index in [0.717, 1.165) is 10.2 Å². The number of rotatable bonds is 4. The van der Waals surface area contributed by atoms with E-state index in [1.165, 1.54) is 0 Å². The number of hydrogen-bond donors (Lipinski definition) is 1. The minimum Gasteiger partial charge on any atom is -0.497 e. The summed E-state index contributed by atoms with van der Waals surface area (Å²) in [6.07, 6.45) is 0.700. The van der Waals surface area contributed by atoms with Crippen LogP contribution in [0.5, 0.6) is 17.4 Å². The van der Waals surface area contributed by atoms with Crippen LogP contribution in [-0.2, 0) is 6.42 Å². The van der Waals surface area contributed by atoms with E-state index in [4.69, 9.17) is 15.2 Å². The molecule has 0 fully saturated rings. The van der Waals surface area contributed by atoms with Crippen molar-refractivity contribution in [2.24, 2.45) is 0 Å². The molecule has 19 heavy (non-hydrogen) atoms. The maximum Gasteiger partial charge on any atom is 0.224 e. The quantitative estimate of drug-likeness (QED) is 0.935. The number of aryl methyl sites for hydroxylation is 1. The Hall–Kier alpha value is -1.82. The van der Waals surface area contributed by atoms with Crippen LogP contribution in [-0.4, -0.2) is 17.1 Å². The van der Waals surface area contributed by atoms with Crippen LogP contribution < -0.4 is 15.2 Å². The van der Waals surface area contributed by atoms with E-state index in [1.54, 1.807) is 19.2 Å². The Kier molecular flexibility index (Phi) is 4.21. The van der Waals surface area contributed by atoms with E-state index in [-0.39, 0.29) is 0 Å². The topological polar surface area (TPSA) is 70.3 Å². The Balaban J connectivity index is 2.28. The SMILES string of the molecule is CCc1nc(N)cc(Oc2ccc(OC)cc2Br)n1. The lowest BCUT2D eigenvalue weighted by atomic mass is 10.3. The van der Waals surface area contributed by atoms with Gasteiger partial charge in [-0.05, 0) is 34.1 Å². The zero-order valence-electron chi connectivity index (χ0n) is 10.7. The van der Waals surface area contributed by atoms with Gasteiger partial charge in [-0.1, -0.05) is 6.92 Å². The summed E-state index contributed by atoms with van der Waals surface area (Å²) in [5.41, 5.74) is 5.71. The highest BCUT2D eigenvalue weighted by molar-refractivity contribution is 9.10. The molecule has 0 bridgehead atoms. The molecular formula is C13H14BrN3O2. The maximum atomic E-state index is 5.71. The van der Waals surface area contributed by atoms with E-state index < -0.39 is 0 Å². The molecule has 2 rings (SSSR count). The number of halogens is 1. The zero-order valence-corrected chi connectivity index (χ0v) is 12.3. The van der Waals surface area contributed by atoms with Gasteiger partial charge in [-0.3, -0.25) is 0 Å². The molecule has 0 aliphatic carbocycles. The lowest BCUT2D eigenvalue weighted by Crippen LogP contribution is -2.00. The Morgan fingerprint density at radius 3 is 2.68 bits per heavy atom. The molecule has 0 saturated carbocycles. The van der Waals surface area contributed by atoms with Crippen LogP contribution in [0.15, 0.2) is 28.7 Å². The molecule has 0 saturated heterocycles. The Morgan fingerprint density at radius 2 is 2.05 bits per heavy atom. The first kappa shape index (κ1) is 13.6. The summed E-state index contributed by atoms with van der Waals surface area (Å²) in [7, 11) is 1.61. The van der Waals surface area contributed by atoms with E-state index in [2.05, 4.69) is 25.9 Å². The maximum absolute atomic E-state index is 5.71. The minimum atomic E-state index is 0.395. The highest BCUT2D eigenvalue weighted by atomic mass is 79.9. The van der Waals surface area contributed by atoms with Gasteiger partial charge in [0.1, 0.15) is 23.1 Å². The standard InChI is InChI=1S/C13H14BrN3O2/c1-3-12-16-11(15)7-13(17-12)19-10-5-4-8(18-2)6-9(10)14/h4-7H,3H2,1-2H3,(H2,15,16,17). The van der Waals surface area contributed by atoms with Crippen molar-refractivity contribution in [1.29, 1.82) is 0 Å². The number of nitrogen functional groups attached to an aromatic ring is 1. The van der Waals surface area contributed by atoms with Crippen molar-refractivity contribution in [3.8, 4) is 17.4 Å². The van der Waals surface area contributed by atoms with Crippen LogP contribution >= 0.6 is 15.9 Å². The number of nitrogens with zero attached hydrogens (tertiary/aromatic N) is 2. The molecular weight excluding hydrogens is 310 g/mol. The van der Waals surface area contributed by atoms with Gasteiger partial charge in [-0.25, -0.2) is 4.98 Å². The summed E-state index contributed by atoms with van der Waals surface area (Å²) in [5.74, 6) is 2.86. The lowest BCUT2D eigenvalue weighted by molar-refractivity contribution is 0.411. The van der Waals surface area contributed by atoms with Gasteiger partial charge < -0.3 is 15.2 Å². The summed E-state index contributed by atoms with van der Waals surface area (Å²) < 4.78 is 11.6. The number of anilines is 1. The number of ether oxygens (including phenoxy) is 2. The minimum absolute atomic E-state index is 0.395. The summed E-state index contributed by atoms with van der Waals surface area (Å²) in [6.45, 7) is 1.96. The van der Waals surface area contributed by atoms with E-state index in [0.29, 0.717) is 29.7 Å². The second-order valence-corrected chi connectivity index (χ2v) is 4.65. The van der Waals surface area contributed by atoms with Crippen molar-refractivity contribution >= 4 is 21.7 Å². The fraction of sp³-hybridized carbons (Fsp3) is 0.231. The molecule has 2 N–H and O–H groups in total. The van der Waals surface area contributed by atoms with Crippen LogP contribution in [0.2, 0.25) is 0 Å². The monoisotopic (exact) mass is 323 g/mol. The number of methoxy groups -OCH3 is 1. The Bertz CT molecular complexity index is 590. The van der Waals surface area contributed by atoms with Crippen molar-refractivity contribution in [2.75, 3.05) is 12.8 Å². The largest absolute Gasteiger partial charge is 0.497 e. The highest BCUT2D eigenvalue weighted by Crippen LogP contribution is 2.32. The summed E-state index contributed by atoms with van der Waals surface area (Å²) in [5, 5.41) is 0. The van der Waals surface area contributed by atoms with E-state index >= 15 is 0 Å². The van der Waals surface area contributed by atoms with Crippen molar-refractivity contribution in [3.63, 3.8) is 0 Å². The van der Waals surface area contributed by atoms with Gasteiger partial charge in [0.2, 0.25) is 5.88 Å².